The third-order valence-electron chi connectivity index (χ3n) is 2.81. The van der Waals surface area contributed by atoms with Crippen LogP contribution in [0.25, 0.3) is 0 Å². The quantitative estimate of drug-likeness (QED) is 0.931. The minimum atomic E-state index is -0.286. The lowest BCUT2D eigenvalue weighted by Gasteiger charge is -2.23. The predicted molar refractivity (Wildman–Crippen MR) is 76.2 cm³/mol. The Labute approximate surface area is 116 Å². The average molecular weight is 280 g/mol. The van der Waals surface area contributed by atoms with Gasteiger partial charge < -0.3 is 10.6 Å². The first-order chi connectivity index (χ1) is 9.15. The van der Waals surface area contributed by atoms with Crippen molar-refractivity contribution in [2.75, 3.05) is 11.4 Å². The summed E-state index contributed by atoms with van der Waals surface area (Å²) in [5.41, 5.74) is 7.13. The summed E-state index contributed by atoms with van der Waals surface area (Å²) < 4.78 is 13.3. The molecule has 0 aliphatic rings. The maximum atomic E-state index is 13.3. The van der Waals surface area contributed by atoms with E-state index in [-0.39, 0.29) is 5.82 Å². The van der Waals surface area contributed by atoms with Crippen LogP contribution in [0.4, 0.5) is 15.9 Å². The van der Waals surface area contributed by atoms with Crippen molar-refractivity contribution in [2.45, 2.75) is 13.5 Å². The van der Waals surface area contributed by atoms with Crippen molar-refractivity contribution in [3.8, 4) is 0 Å². The summed E-state index contributed by atoms with van der Waals surface area (Å²) in [7, 11) is 0. The van der Waals surface area contributed by atoms with Crippen LogP contribution in [0.2, 0.25) is 5.02 Å². The molecule has 1 heterocycles. The van der Waals surface area contributed by atoms with Crippen LogP contribution in [0.5, 0.6) is 0 Å². The van der Waals surface area contributed by atoms with Gasteiger partial charge in [-0.3, -0.25) is 0 Å². The Kier molecular flexibility index (Phi) is 4.35. The molecule has 0 fully saturated rings. The van der Waals surface area contributed by atoms with E-state index in [1.54, 1.807) is 18.3 Å². The zero-order valence-corrected chi connectivity index (χ0v) is 11.4. The molecule has 0 aliphatic heterocycles. The van der Waals surface area contributed by atoms with Crippen LogP contribution in [0.3, 0.4) is 0 Å². The fraction of sp³-hybridized carbons (Fsp3) is 0.214. The molecule has 0 aliphatic carbocycles. The van der Waals surface area contributed by atoms with Gasteiger partial charge in [0.25, 0.3) is 0 Å². The van der Waals surface area contributed by atoms with E-state index in [1.165, 1.54) is 12.1 Å². The summed E-state index contributed by atoms with van der Waals surface area (Å²) in [6, 6.07) is 8.13. The minimum Gasteiger partial charge on any atom is -0.326 e. The second-order valence-electron chi connectivity index (χ2n) is 4.08. The van der Waals surface area contributed by atoms with Crippen LogP contribution < -0.4 is 10.6 Å². The maximum Gasteiger partial charge on any atom is 0.151 e. The molecule has 2 N–H and O–H groups in total. The smallest absolute Gasteiger partial charge is 0.151 e. The molecule has 0 radical (unpaired) electrons. The molecule has 0 spiro atoms. The number of hydrogen-bond donors (Lipinski definition) is 1. The van der Waals surface area contributed by atoms with Gasteiger partial charge in [0.2, 0.25) is 0 Å². The molecular formula is C14H15ClFN3. The Balaban J connectivity index is 2.42. The molecular weight excluding hydrogens is 265 g/mol. The summed E-state index contributed by atoms with van der Waals surface area (Å²) in [4.78, 5) is 6.17. The standard InChI is InChI=1S/C14H15ClFN3/c1-2-19(12-5-3-4-11(16)7-12)14-13(15)6-10(8-17)9-18-14/h3-7,9H,2,8,17H2,1H3. The van der Waals surface area contributed by atoms with E-state index < -0.39 is 0 Å². The Morgan fingerprint density at radius 3 is 2.74 bits per heavy atom. The van der Waals surface area contributed by atoms with Crippen molar-refractivity contribution >= 4 is 23.1 Å². The number of anilines is 2. The molecule has 2 rings (SSSR count). The van der Waals surface area contributed by atoms with E-state index in [1.807, 2.05) is 17.9 Å². The monoisotopic (exact) mass is 279 g/mol. The number of hydrogen-bond acceptors (Lipinski definition) is 3. The fourth-order valence-corrected chi connectivity index (χ4v) is 2.17. The first-order valence-electron chi connectivity index (χ1n) is 6.03. The highest BCUT2D eigenvalue weighted by Crippen LogP contribution is 2.30. The summed E-state index contributed by atoms with van der Waals surface area (Å²) in [6.07, 6.45) is 1.68. The van der Waals surface area contributed by atoms with Gasteiger partial charge in [-0.15, -0.1) is 0 Å². The molecule has 0 atom stereocenters. The third-order valence-corrected chi connectivity index (χ3v) is 3.08. The molecule has 1 aromatic heterocycles. The SMILES string of the molecule is CCN(c1cccc(F)c1)c1ncc(CN)cc1Cl. The number of halogens is 2. The Morgan fingerprint density at radius 1 is 1.37 bits per heavy atom. The normalized spacial score (nSPS) is 10.5. The molecule has 100 valence electrons. The van der Waals surface area contributed by atoms with Crippen LogP contribution in [0.1, 0.15) is 12.5 Å². The van der Waals surface area contributed by atoms with E-state index in [9.17, 15) is 4.39 Å². The maximum absolute atomic E-state index is 13.3. The first-order valence-corrected chi connectivity index (χ1v) is 6.41. The Morgan fingerprint density at radius 2 is 2.16 bits per heavy atom. The number of rotatable bonds is 4. The van der Waals surface area contributed by atoms with Gasteiger partial charge >= 0.3 is 0 Å². The molecule has 3 nitrogen and oxygen atoms in total. The van der Waals surface area contributed by atoms with Gasteiger partial charge in [-0.2, -0.15) is 0 Å². The Bertz CT molecular complexity index is 574. The van der Waals surface area contributed by atoms with Gasteiger partial charge in [0.1, 0.15) is 5.82 Å². The number of nitrogens with zero attached hydrogens (tertiary/aromatic N) is 2. The number of benzene rings is 1. The predicted octanol–water partition coefficient (Wildman–Crippen LogP) is 3.49. The summed E-state index contributed by atoms with van der Waals surface area (Å²) >= 11 is 6.22. The highest BCUT2D eigenvalue weighted by molar-refractivity contribution is 6.33. The molecule has 0 saturated carbocycles. The van der Waals surface area contributed by atoms with E-state index in [0.717, 1.165) is 11.3 Å². The third kappa shape index (κ3) is 3.03. The minimum absolute atomic E-state index is 0.286. The van der Waals surface area contributed by atoms with Gasteiger partial charge in [0, 0.05) is 25.0 Å². The molecule has 0 saturated heterocycles. The lowest BCUT2D eigenvalue weighted by atomic mass is 10.2. The second-order valence-corrected chi connectivity index (χ2v) is 4.48. The Hall–Kier alpha value is -1.65. The van der Waals surface area contributed by atoms with Crippen LogP contribution in [0.15, 0.2) is 36.5 Å². The first kappa shape index (κ1) is 13.8. The lowest BCUT2D eigenvalue weighted by molar-refractivity contribution is 0.627. The number of pyridine rings is 1. The molecule has 2 aromatic rings. The summed E-state index contributed by atoms with van der Waals surface area (Å²) in [6.45, 7) is 2.98. The van der Waals surface area contributed by atoms with Crippen molar-refractivity contribution in [2.24, 2.45) is 5.73 Å². The largest absolute Gasteiger partial charge is 0.326 e. The second kappa shape index (κ2) is 5.99. The van der Waals surface area contributed by atoms with E-state index >= 15 is 0 Å². The highest BCUT2D eigenvalue weighted by Gasteiger charge is 2.13. The van der Waals surface area contributed by atoms with Crippen molar-refractivity contribution in [1.29, 1.82) is 0 Å². The van der Waals surface area contributed by atoms with Gasteiger partial charge in [-0.05, 0) is 36.8 Å². The summed E-state index contributed by atoms with van der Waals surface area (Å²) in [5.74, 6) is 0.317. The lowest BCUT2D eigenvalue weighted by Crippen LogP contribution is -2.18. The zero-order valence-electron chi connectivity index (χ0n) is 10.6. The van der Waals surface area contributed by atoms with Crippen molar-refractivity contribution in [1.82, 2.24) is 4.98 Å². The molecule has 19 heavy (non-hydrogen) atoms. The van der Waals surface area contributed by atoms with E-state index in [4.69, 9.17) is 17.3 Å². The van der Waals surface area contributed by atoms with E-state index in [0.29, 0.717) is 23.9 Å². The van der Waals surface area contributed by atoms with Crippen molar-refractivity contribution in [3.05, 3.63) is 52.9 Å². The molecule has 1 aromatic carbocycles. The molecule has 0 unspecified atom stereocenters. The molecule has 0 bridgehead atoms. The summed E-state index contributed by atoms with van der Waals surface area (Å²) in [5, 5.41) is 0.508. The van der Waals surface area contributed by atoms with Crippen LogP contribution in [-0.4, -0.2) is 11.5 Å². The van der Waals surface area contributed by atoms with Gasteiger partial charge in [0.15, 0.2) is 5.82 Å². The fourth-order valence-electron chi connectivity index (χ4n) is 1.88. The van der Waals surface area contributed by atoms with Crippen LogP contribution in [0, 0.1) is 5.82 Å². The molecule has 5 heteroatoms. The average Bonchev–Trinajstić information content (AvgIpc) is 2.41. The van der Waals surface area contributed by atoms with Gasteiger partial charge in [-0.1, -0.05) is 17.7 Å². The van der Waals surface area contributed by atoms with Gasteiger partial charge in [0.05, 0.1) is 5.02 Å². The molecule has 0 amide bonds. The number of nitrogens with two attached hydrogens (primary N) is 1. The van der Waals surface area contributed by atoms with E-state index in [2.05, 4.69) is 4.98 Å². The van der Waals surface area contributed by atoms with Crippen molar-refractivity contribution < 1.29 is 4.39 Å². The zero-order chi connectivity index (χ0) is 13.8. The van der Waals surface area contributed by atoms with Crippen LogP contribution in [-0.2, 0) is 6.54 Å². The van der Waals surface area contributed by atoms with Crippen LogP contribution >= 0.6 is 11.6 Å². The van der Waals surface area contributed by atoms with Crippen molar-refractivity contribution in [3.63, 3.8) is 0 Å². The van der Waals surface area contributed by atoms with Gasteiger partial charge in [-0.25, -0.2) is 9.37 Å². The topological polar surface area (TPSA) is 42.2 Å². The number of aromatic nitrogens is 1. The highest BCUT2D eigenvalue weighted by atomic mass is 35.5.